The number of hydrogen-bond acceptors (Lipinski definition) is 6. The van der Waals surface area contributed by atoms with Crippen molar-refractivity contribution in [3.05, 3.63) is 35.4 Å². The maximum Gasteiger partial charge on any atom is 0.346 e. The summed E-state index contributed by atoms with van der Waals surface area (Å²) in [5.74, 6) is -3.30. The van der Waals surface area contributed by atoms with Crippen LogP contribution >= 0.6 is 0 Å². The molecule has 8 heteroatoms. The van der Waals surface area contributed by atoms with Gasteiger partial charge < -0.3 is 20.7 Å². The Balaban J connectivity index is 0.000000212. The highest BCUT2D eigenvalue weighted by molar-refractivity contribution is 6.14. The molecule has 1 heterocycles. The van der Waals surface area contributed by atoms with E-state index in [1.54, 1.807) is 24.3 Å². The zero-order valence-electron chi connectivity index (χ0n) is 10.8. The van der Waals surface area contributed by atoms with Gasteiger partial charge in [-0.3, -0.25) is 9.59 Å². The molecule has 1 aliphatic rings. The summed E-state index contributed by atoms with van der Waals surface area (Å²) in [4.78, 5) is 41.5. The molecule has 0 aliphatic carbocycles. The van der Waals surface area contributed by atoms with Gasteiger partial charge in [-0.25, -0.2) is 9.59 Å². The van der Waals surface area contributed by atoms with Gasteiger partial charge in [0.15, 0.2) is 0 Å². The lowest BCUT2D eigenvalue weighted by atomic mass is 10.1. The first-order chi connectivity index (χ1) is 9.82. The highest BCUT2D eigenvalue weighted by Crippen LogP contribution is 2.18. The topological polar surface area (TPSA) is 144 Å². The standard InChI is InChI=1S/C8H4O3.C5H9NO4/c9-7-5-3-1-2-4-6(5)8(10)11-7;6-3(5(9)10)1-2-4(7)8/h1-4H;3H,1-2,6H2,(H,7,8)(H,9,10). The summed E-state index contributed by atoms with van der Waals surface area (Å²) in [6, 6.07) is 5.47. The molecule has 1 atom stereocenters. The Morgan fingerprint density at radius 2 is 1.57 bits per heavy atom. The van der Waals surface area contributed by atoms with Crippen LogP contribution in [0.4, 0.5) is 0 Å². The van der Waals surface area contributed by atoms with Crippen LogP contribution in [0.3, 0.4) is 0 Å². The van der Waals surface area contributed by atoms with Crippen LogP contribution in [-0.4, -0.2) is 40.1 Å². The predicted octanol–water partition coefficient (Wildman–Crippen LogP) is 0.260. The number of hydrogen-bond donors (Lipinski definition) is 3. The molecule has 1 aromatic carbocycles. The highest BCUT2D eigenvalue weighted by Gasteiger charge is 2.28. The lowest BCUT2D eigenvalue weighted by molar-refractivity contribution is -0.139. The Morgan fingerprint density at radius 3 is 1.95 bits per heavy atom. The van der Waals surface area contributed by atoms with Crippen molar-refractivity contribution in [2.45, 2.75) is 18.9 Å². The Hall–Kier alpha value is -2.74. The van der Waals surface area contributed by atoms with E-state index in [-0.39, 0.29) is 12.8 Å². The average molecular weight is 295 g/mol. The molecule has 0 radical (unpaired) electrons. The van der Waals surface area contributed by atoms with Crippen molar-refractivity contribution < 1.29 is 34.1 Å². The van der Waals surface area contributed by atoms with Gasteiger partial charge in [0.2, 0.25) is 0 Å². The zero-order valence-corrected chi connectivity index (χ0v) is 10.8. The summed E-state index contributed by atoms with van der Waals surface area (Å²) < 4.78 is 4.35. The molecule has 1 aromatic rings. The van der Waals surface area contributed by atoms with Crippen molar-refractivity contribution in [1.29, 1.82) is 0 Å². The second kappa shape index (κ2) is 7.15. The molecule has 4 N–H and O–H groups in total. The average Bonchev–Trinajstić information content (AvgIpc) is 2.72. The molecule has 0 saturated carbocycles. The number of carbonyl (C=O) groups is 4. The number of fused-ring (bicyclic) bond motifs is 1. The van der Waals surface area contributed by atoms with Gasteiger partial charge in [-0.2, -0.15) is 0 Å². The highest BCUT2D eigenvalue weighted by atomic mass is 16.6. The molecule has 0 amide bonds. The fourth-order valence-corrected chi connectivity index (χ4v) is 1.44. The third-order valence-electron chi connectivity index (χ3n) is 2.54. The lowest BCUT2D eigenvalue weighted by Gasteiger charge is -2.01. The molecule has 0 bridgehead atoms. The number of aliphatic carboxylic acids is 2. The van der Waals surface area contributed by atoms with E-state index in [1.165, 1.54) is 0 Å². The van der Waals surface area contributed by atoms with E-state index in [0.29, 0.717) is 11.1 Å². The summed E-state index contributed by atoms with van der Waals surface area (Å²) >= 11 is 0. The molecule has 1 unspecified atom stereocenters. The van der Waals surface area contributed by atoms with E-state index in [2.05, 4.69) is 4.74 Å². The Morgan fingerprint density at radius 1 is 1.10 bits per heavy atom. The first-order valence-electron chi connectivity index (χ1n) is 5.88. The minimum absolute atomic E-state index is 0.0231. The molecular weight excluding hydrogens is 282 g/mol. The smallest absolute Gasteiger partial charge is 0.346 e. The first-order valence-corrected chi connectivity index (χ1v) is 5.88. The van der Waals surface area contributed by atoms with Crippen LogP contribution in [0, 0.1) is 0 Å². The number of nitrogens with two attached hydrogens (primary N) is 1. The number of carbonyl (C=O) groups excluding carboxylic acids is 2. The summed E-state index contributed by atoms with van der Waals surface area (Å²) in [5.41, 5.74) is 5.72. The summed E-state index contributed by atoms with van der Waals surface area (Å²) in [6.45, 7) is 0. The molecule has 0 saturated heterocycles. The number of esters is 2. The van der Waals surface area contributed by atoms with Crippen LogP contribution in [0.2, 0.25) is 0 Å². The van der Waals surface area contributed by atoms with Crippen LogP contribution in [0.25, 0.3) is 0 Å². The monoisotopic (exact) mass is 295 g/mol. The molecule has 0 fully saturated rings. The second-order valence-electron chi connectivity index (χ2n) is 4.10. The van der Waals surface area contributed by atoms with Gasteiger partial charge in [0.1, 0.15) is 6.04 Å². The normalized spacial score (nSPS) is 13.6. The molecule has 0 spiro atoms. The minimum atomic E-state index is -1.17. The van der Waals surface area contributed by atoms with E-state index in [4.69, 9.17) is 15.9 Å². The van der Waals surface area contributed by atoms with Crippen LogP contribution in [0.1, 0.15) is 33.6 Å². The van der Waals surface area contributed by atoms with Crippen molar-refractivity contribution in [3.63, 3.8) is 0 Å². The zero-order chi connectivity index (χ0) is 16.0. The van der Waals surface area contributed by atoms with E-state index in [9.17, 15) is 19.2 Å². The maximum absolute atomic E-state index is 10.8. The fraction of sp³-hybridized carbons (Fsp3) is 0.231. The number of ether oxygens (including phenoxy) is 1. The van der Waals surface area contributed by atoms with Gasteiger partial charge in [0.25, 0.3) is 0 Å². The van der Waals surface area contributed by atoms with E-state index >= 15 is 0 Å². The van der Waals surface area contributed by atoms with Crippen molar-refractivity contribution in [1.82, 2.24) is 0 Å². The van der Waals surface area contributed by atoms with Crippen molar-refractivity contribution >= 4 is 23.9 Å². The SMILES string of the molecule is NC(CCC(=O)O)C(=O)O.O=C1OC(=O)c2ccccc21. The summed E-state index contributed by atoms with van der Waals surface area (Å²) in [7, 11) is 0. The van der Waals surface area contributed by atoms with Crippen LogP contribution < -0.4 is 5.73 Å². The van der Waals surface area contributed by atoms with Crippen molar-refractivity contribution in [2.75, 3.05) is 0 Å². The molecule has 21 heavy (non-hydrogen) atoms. The molecule has 0 aromatic heterocycles. The van der Waals surface area contributed by atoms with Crippen LogP contribution in [0.15, 0.2) is 24.3 Å². The number of carboxylic acid groups (broad SMARTS) is 2. The molecule has 112 valence electrons. The number of benzene rings is 1. The first kappa shape index (κ1) is 16.3. The fourth-order valence-electron chi connectivity index (χ4n) is 1.44. The van der Waals surface area contributed by atoms with Gasteiger partial charge in [0.05, 0.1) is 11.1 Å². The Kier molecular flexibility index (Phi) is 5.56. The summed E-state index contributed by atoms with van der Waals surface area (Å²) in [6.07, 6.45) is -0.224. The Bertz CT molecular complexity index is 549. The number of rotatable bonds is 4. The van der Waals surface area contributed by atoms with Gasteiger partial charge in [-0.05, 0) is 18.6 Å². The van der Waals surface area contributed by atoms with Gasteiger partial charge in [0, 0.05) is 6.42 Å². The molecule has 2 rings (SSSR count). The Labute approximate surface area is 119 Å². The van der Waals surface area contributed by atoms with Gasteiger partial charge in [-0.15, -0.1) is 0 Å². The number of cyclic esters (lactones) is 2. The second-order valence-corrected chi connectivity index (χ2v) is 4.10. The third kappa shape index (κ3) is 4.69. The molecule has 1 aliphatic heterocycles. The van der Waals surface area contributed by atoms with Gasteiger partial charge >= 0.3 is 23.9 Å². The van der Waals surface area contributed by atoms with Crippen LogP contribution in [0.5, 0.6) is 0 Å². The van der Waals surface area contributed by atoms with Crippen molar-refractivity contribution in [3.8, 4) is 0 Å². The van der Waals surface area contributed by atoms with E-state index < -0.39 is 29.9 Å². The van der Waals surface area contributed by atoms with Crippen LogP contribution in [-0.2, 0) is 14.3 Å². The largest absolute Gasteiger partial charge is 0.481 e. The van der Waals surface area contributed by atoms with Crippen molar-refractivity contribution in [2.24, 2.45) is 5.73 Å². The maximum atomic E-state index is 10.8. The molecular formula is C13H13NO7. The third-order valence-corrected chi connectivity index (χ3v) is 2.54. The predicted molar refractivity (Wildman–Crippen MR) is 68.7 cm³/mol. The summed E-state index contributed by atoms with van der Waals surface area (Å²) in [5, 5.41) is 16.3. The molecule has 8 nitrogen and oxygen atoms in total. The number of carboxylic acids is 2. The lowest BCUT2D eigenvalue weighted by Crippen LogP contribution is -2.30. The van der Waals surface area contributed by atoms with Gasteiger partial charge in [-0.1, -0.05) is 12.1 Å². The van der Waals surface area contributed by atoms with E-state index in [1.807, 2.05) is 0 Å². The quantitative estimate of drug-likeness (QED) is 0.530. The minimum Gasteiger partial charge on any atom is -0.481 e. The van der Waals surface area contributed by atoms with E-state index in [0.717, 1.165) is 0 Å².